The van der Waals surface area contributed by atoms with E-state index in [9.17, 15) is 4.79 Å². The number of carbonyl (C=O) groups is 1. The summed E-state index contributed by atoms with van der Waals surface area (Å²) in [6, 6.07) is 16.1. The van der Waals surface area contributed by atoms with E-state index in [4.69, 9.17) is 4.42 Å². The molecule has 0 aliphatic heterocycles. The summed E-state index contributed by atoms with van der Waals surface area (Å²) in [6.07, 6.45) is 1.66. The van der Waals surface area contributed by atoms with E-state index < -0.39 is 0 Å². The Morgan fingerprint density at radius 1 is 1.07 bits per heavy atom. The summed E-state index contributed by atoms with van der Waals surface area (Å²) >= 11 is 1.70. The first-order chi connectivity index (χ1) is 13.1. The largest absolute Gasteiger partial charge is 0.468 e. The lowest BCUT2D eigenvalue weighted by molar-refractivity contribution is -0.122. The van der Waals surface area contributed by atoms with E-state index in [0.29, 0.717) is 19.6 Å². The van der Waals surface area contributed by atoms with Crippen molar-refractivity contribution in [1.29, 1.82) is 0 Å². The normalized spacial score (nSPS) is 10.9. The van der Waals surface area contributed by atoms with Crippen molar-refractivity contribution in [2.24, 2.45) is 0 Å². The maximum atomic E-state index is 12.5. The molecule has 0 atom stereocenters. The molecule has 0 unspecified atom stereocenters. The molecule has 27 heavy (non-hydrogen) atoms. The fourth-order valence-corrected chi connectivity index (χ4v) is 3.53. The fraction of sp³-hybridized carbons (Fsp3) is 0.286. The molecule has 0 saturated heterocycles. The average Bonchev–Trinajstić information content (AvgIpc) is 3.34. The Kier molecular flexibility index (Phi) is 6.68. The van der Waals surface area contributed by atoms with Gasteiger partial charge in [0.15, 0.2) is 0 Å². The minimum atomic E-state index is 0.00907. The van der Waals surface area contributed by atoms with Gasteiger partial charge in [-0.15, -0.1) is 11.3 Å². The molecule has 0 aliphatic rings. The molecule has 0 aliphatic carbocycles. The summed E-state index contributed by atoms with van der Waals surface area (Å²) < 4.78 is 5.45. The van der Waals surface area contributed by atoms with E-state index in [0.717, 1.165) is 23.6 Å². The first-order valence-corrected chi connectivity index (χ1v) is 9.78. The Morgan fingerprint density at radius 3 is 2.52 bits per heavy atom. The highest BCUT2D eigenvalue weighted by molar-refractivity contribution is 7.09. The molecule has 2 aromatic heterocycles. The first-order valence-electron chi connectivity index (χ1n) is 8.90. The van der Waals surface area contributed by atoms with E-state index in [1.54, 1.807) is 17.6 Å². The van der Waals surface area contributed by atoms with Crippen LogP contribution < -0.4 is 10.2 Å². The highest BCUT2D eigenvalue weighted by atomic mass is 32.1. The van der Waals surface area contributed by atoms with Crippen molar-refractivity contribution >= 4 is 22.9 Å². The molecule has 1 amide bonds. The summed E-state index contributed by atoms with van der Waals surface area (Å²) in [5, 5.41) is 5.07. The van der Waals surface area contributed by atoms with Crippen LogP contribution in [0.15, 0.2) is 64.6 Å². The number of nitrogens with one attached hydrogen (secondary N) is 1. The minimum Gasteiger partial charge on any atom is -0.468 e. The van der Waals surface area contributed by atoms with Gasteiger partial charge in [-0.2, -0.15) is 0 Å². The van der Waals surface area contributed by atoms with Crippen LogP contribution in [-0.4, -0.2) is 31.4 Å². The van der Waals surface area contributed by atoms with Crippen molar-refractivity contribution in [3.63, 3.8) is 0 Å². The maximum Gasteiger partial charge on any atom is 0.234 e. The Labute approximate surface area is 164 Å². The molecule has 0 spiro atoms. The van der Waals surface area contributed by atoms with Crippen LogP contribution in [0.25, 0.3) is 0 Å². The number of hydrogen-bond acceptors (Lipinski definition) is 5. The minimum absolute atomic E-state index is 0.00907. The van der Waals surface area contributed by atoms with Crippen LogP contribution >= 0.6 is 11.3 Å². The topological polar surface area (TPSA) is 48.7 Å². The van der Waals surface area contributed by atoms with Gasteiger partial charge in [-0.3, -0.25) is 9.69 Å². The predicted octanol–water partition coefficient (Wildman–Crippen LogP) is 3.73. The van der Waals surface area contributed by atoms with Gasteiger partial charge in [0.2, 0.25) is 5.91 Å². The van der Waals surface area contributed by atoms with Crippen molar-refractivity contribution in [2.75, 3.05) is 25.5 Å². The smallest absolute Gasteiger partial charge is 0.234 e. The van der Waals surface area contributed by atoms with Crippen LogP contribution in [0.2, 0.25) is 0 Å². The molecule has 142 valence electrons. The molecule has 6 heteroatoms. The fourth-order valence-electron chi connectivity index (χ4n) is 2.79. The van der Waals surface area contributed by atoms with Crippen LogP contribution in [-0.2, 0) is 24.4 Å². The van der Waals surface area contributed by atoms with Gasteiger partial charge in [0.1, 0.15) is 5.76 Å². The van der Waals surface area contributed by atoms with Gasteiger partial charge in [-0.25, -0.2) is 0 Å². The van der Waals surface area contributed by atoms with Gasteiger partial charge in [-0.05, 0) is 41.3 Å². The van der Waals surface area contributed by atoms with Crippen molar-refractivity contribution in [3.05, 3.63) is 76.4 Å². The van der Waals surface area contributed by atoms with Gasteiger partial charge >= 0.3 is 0 Å². The molecule has 2 heterocycles. The number of amides is 1. The van der Waals surface area contributed by atoms with Crippen LogP contribution in [0, 0.1) is 0 Å². The molecule has 3 rings (SSSR count). The van der Waals surface area contributed by atoms with E-state index in [2.05, 4.69) is 38.7 Å². The zero-order valence-corrected chi connectivity index (χ0v) is 16.5. The lowest BCUT2D eigenvalue weighted by Gasteiger charge is -2.20. The number of thiophene rings is 1. The maximum absolute atomic E-state index is 12.5. The third-order valence-electron chi connectivity index (χ3n) is 4.23. The third kappa shape index (κ3) is 5.98. The molecule has 5 nitrogen and oxygen atoms in total. The second kappa shape index (κ2) is 9.39. The Morgan fingerprint density at radius 2 is 1.89 bits per heavy atom. The lowest BCUT2D eigenvalue weighted by Crippen LogP contribution is -2.36. The van der Waals surface area contributed by atoms with Crippen molar-refractivity contribution in [1.82, 2.24) is 10.2 Å². The van der Waals surface area contributed by atoms with Crippen LogP contribution in [0.4, 0.5) is 5.69 Å². The first kappa shape index (κ1) is 19.2. The second-order valence-electron chi connectivity index (χ2n) is 6.64. The van der Waals surface area contributed by atoms with Gasteiger partial charge in [0, 0.05) is 37.7 Å². The average molecular weight is 384 g/mol. The van der Waals surface area contributed by atoms with Gasteiger partial charge in [0.05, 0.1) is 19.4 Å². The molecular formula is C21H25N3O2S. The zero-order chi connectivity index (χ0) is 19.1. The lowest BCUT2D eigenvalue weighted by atomic mass is 10.2. The molecule has 1 aromatic carbocycles. The summed E-state index contributed by atoms with van der Waals surface area (Å²) in [5.41, 5.74) is 2.23. The predicted molar refractivity (Wildman–Crippen MR) is 110 cm³/mol. The number of nitrogens with zero attached hydrogens (tertiary/aromatic N) is 2. The van der Waals surface area contributed by atoms with Crippen LogP contribution in [0.1, 0.15) is 16.2 Å². The molecule has 0 saturated carbocycles. The summed E-state index contributed by atoms with van der Waals surface area (Å²) in [5.74, 6) is 0.869. The van der Waals surface area contributed by atoms with E-state index in [1.165, 1.54) is 4.88 Å². The van der Waals surface area contributed by atoms with E-state index >= 15 is 0 Å². The highest BCUT2D eigenvalue weighted by Crippen LogP contribution is 2.15. The molecule has 0 radical (unpaired) electrons. The summed E-state index contributed by atoms with van der Waals surface area (Å²) in [6.45, 7) is 2.19. The van der Waals surface area contributed by atoms with E-state index in [1.807, 2.05) is 44.4 Å². The molecule has 1 N–H and O–H groups in total. The van der Waals surface area contributed by atoms with Gasteiger partial charge in [0.25, 0.3) is 0 Å². The van der Waals surface area contributed by atoms with Crippen molar-refractivity contribution in [3.8, 4) is 0 Å². The number of anilines is 1. The van der Waals surface area contributed by atoms with Crippen LogP contribution in [0.5, 0.6) is 0 Å². The summed E-state index contributed by atoms with van der Waals surface area (Å²) in [7, 11) is 4.02. The number of benzene rings is 1. The molecule has 3 aromatic rings. The third-order valence-corrected chi connectivity index (χ3v) is 5.09. The standard InChI is InChI=1S/C21H25N3O2S/c1-23(2)18-9-7-17(8-10-18)13-22-21(25)16-24(14-19-5-3-11-26-19)15-20-6-4-12-27-20/h3-12H,13-16H2,1-2H3,(H,22,25). The quantitative estimate of drug-likeness (QED) is 0.612. The van der Waals surface area contributed by atoms with Gasteiger partial charge in [-0.1, -0.05) is 18.2 Å². The Balaban J connectivity index is 1.54. The molecule has 0 fully saturated rings. The Bertz CT molecular complexity index is 776. The number of furan rings is 1. The molecule has 0 bridgehead atoms. The monoisotopic (exact) mass is 383 g/mol. The second-order valence-corrected chi connectivity index (χ2v) is 7.67. The molecular weight excluding hydrogens is 358 g/mol. The van der Waals surface area contributed by atoms with Crippen molar-refractivity contribution < 1.29 is 9.21 Å². The Hall–Kier alpha value is -2.57. The summed E-state index contributed by atoms with van der Waals surface area (Å²) in [4.78, 5) is 17.8. The number of carbonyl (C=O) groups excluding carboxylic acids is 1. The number of rotatable bonds is 9. The van der Waals surface area contributed by atoms with Gasteiger partial charge < -0.3 is 14.6 Å². The highest BCUT2D eigenvalue weighted by Gasteiger charge is 2.14. The van der Waals surface area contributed by atoms with Crippen LogP contribution in [0.3, 0.4) is 0 Å². The number of hydrogen-bond donors (Lipinski definition) is 1. The zero-order valence-electron chi connectivity index (χ0n) is 15.7. The SMILES string of the molecule is CN(C)c1ccc(CNC(=O)CN(Cc2ccco2)Cc2cccs2)cc1. The van der Waals surface area contributed by atoms with Crippen molar-refractivity contribution in [2.45, 2.75) is 19.6 Å². The van der Waals surface area contributed by atoms with E-state index in [-0.39, 0.29) is 5.91 Å².